The van der Waals surface area contributed by atoms with Crippen molar-refractivity contribution in [1.29, 1.82) is 0 Å². The molecule has 0 aliphatic carbocycles. The molecule has 0 atom stereocenters. The van der Waals surface area contributed by atoms with E-state index in [0.717, 1.165) is 0 Å². The SMILES string of the molecule is CCOC(=O)c1c(C)c(C(=O)CN(Cc2ccco2)C(=O)N(C)C)c(C)n1CC. The number of carbonyl (C=O) groups excluding carboxylic acids is 3. The summed E-state index contributed by atoms with van der Waals surface area (Å²) in [7, 11) is 3.26. The molecule has 0 spiro atoms. The van der Waals surface area contributed by atoms with E-state index in [-0.39, 0.29) is 31.5 Å². The van der Waals surface area contributed by atoms with Crippen LogP contribution in [0.2, 0.25) is 0 Å². The summed E-state index contributed by atoms with van der Waals surface area (Å²) in [5.41, 5.74) is 2.09. The predicted molar refractivity (Wildman–Crippen MR) is 108 cm³/mol. The third-order valence-electron chi connectivity index (χ3n) is 4.75. The maximum absolute atomic E-state index is 13.2. The lowest BCUT2D eigenvalue weighted by Crippen LogP contribution is -2.41. The molecule has 0 unspecified atom stereocenters. The van der Waals surface area contributed by atoms with E-state index in [4.69, 9.17) is 9.15 Å². The highest BCUT2D eigenvalue weighted by molar-refractivity contribution is 6.04. The van der Waals surface area contributed by atoms with E-state index in [9.17, 15) is 14.4 Å². The lowest BCUT2D eigenvalue weighted by atomic mass is 10.1. The molecule has 2 amide bonds. The first-order valence-electron chi connectivity index (χ1n) is 9.61. The second-order valence-corrected chi connectivity index (χ2v) is 6.93. The van der Waals surface area contributed by atoms with Gasteiger partial charge in [0.15, 0.2) is 5.78 Å². The number of nitrogens with zero attached hydrogens (tertiary/aromatic N) is 3. The molecule has 2 aromatic rings. The highest BCUT2D eigenvalue weighted by Crippen LogP contribution is 2.24. The van der Waals surface area contributed by atoms with Crippen LogP contribution in [-0.2, 0) is 17.8 Å². The van der Waals surface area contributed by atoms with Gasteiger partial charge in [0.25, 0.3) is 0 Å². The average Bonchev–Trinajstić information content (AvgIpc) is 3.25. The molecule has 8 nitrogen and oxygen atoms in total. The summed E-state index contributed by atoms with van der Waals surface area (Å²) in [4.78, 5) is 41.1. The van der Waals surface area contributed by atoms with Gasteiger partial charge >= 0.3 is 12.0 Å². The van der Waals surface area contributed by atoms with Gasteiger partial charge in [-0.2, -0.15) is 0 Å². The number of hydrogen-bond donors (Lipinski definition) is 0. The van der Waals surface area contributed by atoms with Gasteiger partial charge in [0, 0.05) is 31.9 Å². The van der Waals surface area contributed by atoms with Gasteiger partial charge < -0.3 is 23.5 Å². The van der Waals surface area contributed by atoms with Gasteiger partial charge in [0.2, 0.25) is 0 Å². The molecule has 0 saturated carbocycles. The molecule has 2 aromatic heterocycles. The second kappa shape index (κ2) is 9.45. The van der Waals surface area contributed by atoms with Gasteiger partial charge in [0.1, 0.15) is 11.5 Å². The summed E-state index contributed by atoms with van der Waals surface area (Å²) in [6.07, 6.45) is 1.52. The van der Waals surface area contributed by atoms with Crippen LogP contribution in [-0.4, -0.2) is 59.4 Å². The van der Waals surface area contributed by atoms with E-state index in [1.807, 2.05) is 6.92 Å². The van der Waals surface area contributed by atoms with Crippen LogP contribution in [0.15, 0.2) is 22.8 Å². The van der Waals surface area contributed by atoms with Crippen molar-refractivity contribution in [3.8, 4) is 0 Å². The molecule has 0 aliphatic heterocycles. The Morgan fingerprint density at radius 1 is 1.17 bits per heavy atom. The van der Waals surface area contributed by atoms with Crippen LogP contribution in [0.25, 0.3) is 0 Å². The smallest absolute Gasteiger partial charge is 0.355 e. The van der Waals surface area contributed by atoms with E-state index in [2.05, 4.69) is 0 Å². The standard InChI is InChI=1S/C21H29N3O5/c1-7-24-15(4)18(14(3)19(24)20(26)28-8-2)17(25)13-23(21(27)22(5)6)12-16-10-9-11-29-16/h9-11H,7-8,12-13H2,1-6H3. The summed E-state index contributed by atoms with van der Waals surface area (Å²) in [5, 5.41) is 0. The normalized spacial score (nSPS) is 10.7. The summed E-state index contributed by atoms with van der Waals surface area (Å²) >= 11 is 0. The van der Waals surface area contributed by atoms with Crippen LogP contribution < -0.4 is 0 Å². The molecular weight excluding hydrogens is 374 g/mol. The lowest BCUT2D eigenvalue weighted by molar-refractivity contribution is 0.0512. The van der Waals surface area contributed by atoms with Gasteiger partial charge in [-0.1, -0.05) is 0 Å². The zero-order chi connectivity index (χ0) is 21.7. The third-order valence-corrected chi connectivity index (χ3v) is 4.75. The fourth-order valence-electron chi connectivity index (χ4n) is 3.48. The summed E-state index contributed by atoms with van der Waals surface area (Å²) in [6.45, 7) is 8.01. The van der Waals surface area contributed by atoms with Crippen LogP contribution in [0, 0.1) is 13.8 Å². The summed E-state index contributed by atoms with van der Waals surface area (Å²) < 4.78 is 12.3. The molecule has 0 bridgehead atoms. The van der Waals surface area contributed by atoms with Gasteiger partial charge in [-0.25, -0.2) is 9.59 Å². The molecule has 158 valence electrons. The Hall–Kier alpha value is -3.03. The Morgan fingerprint density at radius 3 is 2.38 bits per heavy atom. The quantitative estimate of drug-likeness (QED) is 0.499. The van der Waals surface area contributed by atoms with Crippen molar-refractivity contribution in [3.63, 3.8) is 0 Å². The highest BCUT2D eigenvalue weighted by atomic mass is 16.5. The average molecular weight is 403 g/mol. The Bertz CT molecular complexity index is 881. The van der Waals surface area contributed by atoms with Gasteiger partial charge in [-0.05, 0) is 45.4 Å². The molecule has 0 radical (unpaired) electrons. The lowest BCUT2D eigenvalue weighted by Gasteiger charge is -2.24. The van der Waals surface area contributed by atoms with Crippen molar-refractivity contribution < 1.29 is 23.5 Å². The number of rotatable bonds is 8. The predicted octanol–water partition coefficient (Wildman–Crippen LogP) is 3.26. The van der Waals surface area contributed by atoms with E-state index in [1.54, 1.807) is 51.6 Å². The first-order valence-corrected chi connectivity index (χ1v) is 9.61. The number of furan rings is 1. The number of aromatic nitrogens is 1. The Labute approximate surface area is 171 Å². The molecule has 8 heteroatoms. The van der Waals surface area contributed by atoms with Crippen molar-refractivity contribution in [2.75, 3.05) is 27.2 Å². The van der Waals surface area contributed by atoms with Gasteiger partial charge in [-0.15, -0.1) is 0 Å². The Morgan fingerprint density at radius 2 is 1.86 bits per heavy atom. The van der Waals surface area contributed by atoms with Gasteiger partial charge in [0.05, 0.1) is 26.0 Å². The number of hydrogen-bond acceptors (Lipinski definition) is 5. The number of carbonyl (C=O) groups is 3. The molecule has 2 heterocycles. The van der Waals surface area contributed by atoms with Crippen LogP contribution in [0.4, 0.5) is 4.79 Å². The van der Waals surface area contributed by atoms with Crippen molar-refractivity contribution >= 4 is 17.8 Å². The van der Waals surface area contributed by atoms with Crippen molar-refractivity contribution in [1.82, 2.24) is 14.4 Å². The molecule has 0 aliphatic rings. The molecule has 0 aromatic carbocycles. The Kier molecular flexibility index (Phi) is 7.25. The van der Waals surface area contributed by atoms with Gasteiger partial charge in [-0.3, -0.25) is 4.79 Å². The maximum atomic E-state index is 13.2. The van der Waals surface area contributed by atoms with Crippen LogP contribution in [0.5, 0.6) is 0 Å². The molecular formula is C21H29N3O5. The fourth-order valence-corrected chi connectivity index (χ4v) is 3.48. The summed E-state index contributed by atoms with van der Waals surface area (Å²) in [5.74, 6) is -0.106. The first-order chi connectivity index (χ1) is 13.7. The van der Waals surface area contributed by atoms with Crippen LogP contribution in [0.3, 0.4) is 0 Å². The van der Waals surface area contributed by atoms with E-state index >= 15 is 0 Å². The monoisotopic (exact) mass is 403 g/mol. The minimum Gasteiger partial charge on any atom is -0.467 e. The minimum absolute atomic E-state index is 0.130. The third kappa shape index (κ3) is 4.70. The topological polar surface area (TPSA) is 85.0 Å². The number of esters is 1. The minimum atomic E-state index is -0.453. The number of Topliss-reactive ketones (excluding diaryl/α,β-unsaturated/α-hetero) is 1. The zero-order valence-corrected chi connectivity index (χ0v) is 17.9. The fraction of sp³-hybridized carbons (Fsp3) is 0.476. The summed E-state index contributed by atoms with van der Waals surface area (Å²) in [6, 6.07) is 3.19. The molecule has 2 rings (SSSR count). The van der Waals surface area contributed by atoms with Crippen LogP contribution in [0.1, 0.15) is 51.7 Å². The Balaban J connectivity index is 2.38. The first kappa shape index (κ1) is 22.3. The molecule has 0 N–H and O–H groups in total. The van der Waals surface area contributed by atoms with E-state index in [1.165, 1.54) is 16.1 Å². The second-order valence-electron chi connectivity index (χ2n) is 6.93. The molecule has 0 saturated heterocycles. The maximum Gasteiger partial charge on any atom is 0.355 e. The zero-order valence-electron chi connectivity index (χ0n) is 17.9. The number of ether oxygens (including phenoxy) is 1. The van der Waals surface area contributed by atoms with E-state index < -0.39 is 5.97 Å². The van der Waals surface area contributed by atoms with Crippen LogP contribution >= 0.6 is 0 Å². The highest BCUT2D eigenvalue weighted by Gasteiger charge is 2.29. The molecule has 0 fully saturated rings. The largest absolute Gasteiger partial charge is 0.467 e. The number of ketones is 1. The van der Waals surface area contributed by atoms with Crippen molar-refractivity contribution in [2.24, 2.45) is 0 Å². The van der Waals surface area contributed by atoms with Crippen molar-refractivity contribution in [3.05, 3.63) is 46.7 Å². The van der Waals surface area contributed by atoms with E-state index in [0.29, 0.717) is 34.8 Å². The number of urea groups is 1. The van der Waals surface area contributed by atoms with Crippen molar-refractivity contribution in [2.45, 2.75) is 40.8 Å². The number of amides is 2. The molecule has 29 heavy (non-hydrogen) atoms.